The predicted molar refractivity (Wildman–Crippen MR) is 122 cm³/mol. The van der Waals surface area contributed by atoms with Crippen LogP contribution in [0.1, 0.15) is 69.1 Å². The van der Waals surface area contributed by atoms with Gasteiger partial charge in [-0.25, -0.2) is 18.5 Å². The van der Waals surface area contributed by atoms with Crippen molar-refractivity contribution in [3.05, 3.63) is 41.4 Å². The van der Waals surface area contributed by atoms with Crippen molar-refractivity contribution < 1.29 is 18.5 Å². The first kappa shape index (κ1) is 22.8. The van der Waals surface area contributed by atoms with Crippen molar-refractivity contribution in [3.8, 4) is 0 Å². The standard InChI is InChI=1S/C23H32N4O4S/c1-23(2,29)19-11-20(31-14-19)32(24,30)27-22(28)26-21-17(9-15-5-3-6-15)12-25-13-18(21)10-16-7-4-8-16/h11-16,29H,3-10H2,1-2H3,(H3,24,25,26,27,28,30). The van der Waals surface area contributed by atoms with E-state index in [4.69, 9.17) is 9.20 Å². The average molecular weight is 461 g/mol. The van der Waals surface area contributed by atoms with Gasteiger partial charge in [-0.3, -0.25) is 4.98 Å². The fourth-order valence-corrected chi connectivity index (χ4v) is 5.04. The summed E-state index contributed by atoms with van der Waals surface area (Å²) in [7, 11) is -3.73. The zero-order valence-electron chi connectivity index (χ0n) is 18.6. The van der Waals surface area contributed by atoms with Gasteiger partial charge < -0.3 is 14.8 Å². The normalized spacial score (nSPS) is 19.0. The Bertz CT molecular complexity index is 1050. The van der Waals surface area contributed by atoms with Crippen molar-refractivity contribution in [1.82, 2.24) is 9.71 Å². The van der Waals surface area contributed by atoms with Gasteiger partial charge in [0.2, 0.25) is 5.09 Å². The molecule has 2 amide bonds. The minimum Gasteiger partial charge on any atom is -0.452 e. The molecule has 0 radical (unpaired) electrons. The Morgan fingerprint density at radius 3 is 2.19 bits per heavy atom. The van der Waals surface area contributed by atoms with Crippen LogP contribution in [0.15, 0.2) is 34.2 Å². The van der Waals surface area contributed by atoms with E-state index < -0.39 is 21.5 Å². The van der Waals surface area contributed by atoms with E-state index in [9.17, 15) is 14.1 Å². The lowest BCUT2D eigenvalue weighted by Crippen LogP contribution is -2.34. The van der Waals surface area contributed by atoms with Crippen LogP contribution in [0.5, 0.6) is 0 Å². The fraction of sp³-hybridized carbons (Fsp3) is 0.565. The number of rotatable bonds is 8. The van der Waals surface area contributed by atoms with Crippen molar-refractivity contribution in [2.75, 3.05) is 5.32 Å². The van der Waals surface area contributed by atoms with E-state index in [1.54, 1.807) is 26.2 Å². The monoisotopic (exact) mass is 460 g/mol. The maximum atomic E-state index is 12.9. The zero-order chi connectivity index (χ0) is 22.9. The molecule has 0 spiro atoms. The molecule has 2 aliphatic carbocycles. The van der Waals surface area contributed by atoms with Gasteiger partial charge in [0.15, 0.2) is 9.92 Å². The van der Waals surface area contributed by atoms with Crippen molar-refractivity contribution >= 4 is 21.6 Å². The summed E-state index contributed by atoms with van der Waals surface area (Å²) in [6.45, 7) is 3.12. The van der Waals surface area contributed by atoms with E-state index in [0.29, 0.717) is 17.4 Å². The fourth-order valence-electron chi connectivity index (χ4n) is 4.15. The topological polar surface area (TPSA) is 128 Å². The molecule has 1 unspecified atom stereocenters. The van der Waals surface area contributed by atoms with Gasteiger partial charge >= 0.3 is 6.03 Å². The molecule has 32 heavy (non-hydrogen) atoms. The Hall–Kier alpha value is -2.39. The molecule has 0 aliphatic heterocycles. The van der Waals surface area contributed by atoms with E-state index in [1.165, 1.54) is 50.9 Å². The van der Waals surface area contributed by atoms with Gasteiger partial charge in [0, 0.05) is 24.0 Å². The number of aromatic nitrogens is 1. The number of nitrogens with one attached hydrogen (secondary N) is 3. The van der Waals surface area contributed by atoms with Gasteiger partial charge in [-0.05, 0) is 49.7 Å². The number of nitrogens with zero attached hydrogens (tertiary/aromatic N) is 1. The maximum absolute atomic E-state index is 12.9. The number of aliphatic hydroxyl groups is 1. The summed E-state index contributed by atoms with van der Waals surface area (Å²) < 4.78 is 28.5. The molecule has 174 valence electrons. The first-order valence-electron chi connectivity index (χ1n) is 11.3. The number of urea groups is 1. The predicted octanol–water partition coefficient (Wildman–Crippen LogP) is 4.73. The van der Waals surface area contributed by atoms with E-state index in [0.717, 1.165) is 29.7 Å². The molecule has 9 heteroatoms. The first-order chi connectivity index (χ1) is 15.1. The van der Waals surface area contributed by atoms with Crippen LogP contribution in [0.4, 0.5) is 10.5 Å². The van der Waals surface area contributed by atoms with Gasteiger partial charge in [-0.1, -0.05) is 38.5 Å². The molecular weight excluding hydrogens is 428 g/mol. The Morgan fingerprint density at radius 2 is 1.75 bits per heavy atom. The Kier molecular flexibility index (Phi) is 6.31. The summed E-state index contributed by atoms with van der Waals surface area (Å²) in [6.07, 6.45) is 13.8. The number of carbonyl (C=O) groups excluding carboxylic acids is 1. The van der Waals surface area contributed by atoms with Crippen LogP contribution in [-0.4, -0.2) is 20.3 Å². The van der Waals surface area contributed by atoms with Gasteiger partial charge in [-0.2, -0.15) is 0 Å². The van der Waals surface area contributed by atoms with Crippen molar-refractivity contribution in [2.24, 2.45) is 11.8 Å². The average Bonchev–Trinajstić information content (AvgIpc) is 3.14. The lowest BCUT2D eigenvalue weighted by molar-refractivity contribution is 0.0779. The molecule has 0 bridgehead atoms. The maximum Gasteiger partial charge on any atom is 0.332 e. The Labute approximate surface area is 189 Å². The molecule has 0 saturated heterocycles. The number of furan rings is 1. The van der Waals surface area contributed by atoms with Crippen LogP contribution in [-0.2, 0) is 28.4 Å². The summed E-state index contributed by atoms with van der Waals surface area (Å²) in [4.78, 5) is 17.2. The minimum absolute atomic E-state index is 0.205. The smallest absolute Gasteiger partial charge is 0.332 e. The largest absolute Gasteiger partial charge is 0.452 e. The third-order valence-corrected chi connectivity index (χ3v) is 7.86. The second-order valence-corrected chi connectivity index (χ2v) is 11.4. The molecule has 0 aromatic carbocycles. The van der Waals surface area contributed by atoms with Crippen molar-refractivity contribution in [3.63, 3.8) is 0 Å². The van der Waals surface area contributed by atoms with E-state index >= 15 is 0 Å². The Morgan fingerprint density at radius 1 is 1.19 bits per heavy atom. The molecule has 1 atom stereocenters. The number of hydrogen-bond donors (Lipinski definition) is 4. The van der Waals surface area contributed by atoms with Gasteiger partial charge in [0.25, 0.3) is 0 Å². The highest BCUT2D eigenvalue weighted by Gasteiger charge is 2.27. The summed E-state index contributed by atoms with van der Waals surface area (Å²) in [5, 5.41) is 12.7. The summed E-state index contributed by atoms with van der Waals surface area (Å²) in [5.41, 5.74) is 1.88. The van der Waals surface area contributed by atoms with E-state index in [2.05, 4.69) is 15.0 Å². The number of pyridine rings is 1. The van der Waals surface area contributed by atoms with Gasteiger partial charge in [0.05, 0.1) is 17.6 Å². The van der Waals surface area contributed by atoms with Crippen molar-refractivity contribution in [1.29, 1.82) is 4.78 Å². The quantitative estimate of drug-likeness (QED) is 0.453. The van der Waals surface area contributed by atoms with Crippen LogP contribution in [0, 0.1) is 16.6 Å². The lowest BCUT2D eigenvalue weighted by Gasteiger charge is -2.29. The van der Waals surface area contributed by atoms with Gasteiger partial charge in [-0.15, -0.1) is 0 Å². The number of amides is 2. The first-order valence-corrected chi connectivity index (χ1v) is 12.8. The van der Waals surface area contributed by atoms with E-state index in [1.807, 2.05) is 0 Å². The van der Waals surface area contributed by atoms with E-state index in [-0.39, 0.29) is 5.09 Å². The molecule has 4 N–H and O–H groups in total. The number of hydrogen-bond acceptors (Lipinski definition) is 6. The molecule has 8 nitrogen and oxygen atoms in total. The van der Waals surface area contributed by atoms with Crippen LogP contribution in [0.25, 0.3) is 0 Å². The van der Waals surface area contributed by atoms with Crippen LogP contribution < -0.4 is 10.0 Å². The highest BCUT2D eigenvalue weighted by Crippen LogP contribution is 2.36. The molecule has 4 rings (SSSR count). The number of anilines is 1. The highest BCUT2D eigenvalue weighted by molar-refractivity contribution is 7.91. The van der Waals surface area contributed by atoms with Crippen LogP contribution >= 0.6 is 0 Å². The molecule has 2 fully saturated rings. The van der Waals surface area contributed by atoms with Crippen LogP contribution in [0.2, 0.25) is 0 Å². The zero-order valence-corrected chi connectivity index (χ0v) is 19.5. The van der Waals surface area contributed by atoms with Gasteiger partial charge in [0.1, 0.15) is 0 Å². The third-order valence-electron chi connectivity index (χ3n) is 6.61. The SMILES string of the molecule is CC(C)(O)c1coc(S(=N)(=O)NC(=O)Nc2c(CC3CCC3)cncc2CC2CCC2)c1. The molecule has 2 aromatic rings. The minimum atomic E-state index is -3.73. The Balaban J connectivity index is 1.52. The lowest BCUT2D eigenvalue weighted by atomic mass is 9.79. The summed E-state index contributed by atoms with van der Waals surface area (Å²) in [5.74, 6) is 1.20. The highest BCUT2D eigenvalue weighted by atomic mass is 32.2. The number of carbonyl (C=O) groups is 1. The second-order valence-electron chi connectivity index (χ2n) is 9.66. The summed E-state index contributed by atoms with van der Waals surface area (Å²) >= 11 is 0. The third kappa shape index (κ3) is 5.15. The van der Waals surface area contributed by atoms with Crippen LogP contribution in [0.3, 0.4) is 0 Å². The van der Waals surface area contributed by atoms with Crippen molar-refractivity contribution in [2.45, 2.75) is 75.9 Å². The molecule has 2 aromatic heterocycles. The summed E-state index contributed by atoms with van der Waals surface area (Å²) in [6, 6.07) is 0.619. The molecule has 2 heterocycles. The molecular formula is C23H32N4O4S. The second kappa shape index (κ2) is 8.86. The molecule has 2 aliphatic rings. The molecule has 2 saturated carbocycles.